The van der Waals surface area contributed by atoms with Crippen molar-refractivity contribution in [2.75, 3.05) is 19.6 Å². The van der Waals surface area contributed by atoms with Gasteiger partial charge in [0.05, 0.1) is 0 Å². The van der Waals surface area contributed by atoms with Crippen LogP contribution in [0.3, 0.4) is 0 Å². The van der Waals surface area contributed by atoms with E-state index < -0.39 is 5.82 Å². The number of hydrogen-bond acceptors (Lipinski definition) is 3. The smallest absolute Gasteiger partial charge is 0.164 e. The van der Waals surface area contributed by atoms with Crippen molar-refractivity contribution in [3.63, 3.8) is 0 Å². The molecule has 0 amide bonds. The van der Waals surface area contributed by atoms with Crippen LogP contribution in [0, 0.1) is 5.82 Å². The molecular formula is C9H11ClFN3. The van der Waals surface area contributed by atoms with Crippen LogP contribution in [-0.2, 0) is 0 Å². The van der Waals surface area contributed by atoms with Gasteiger partial charge in [-0.1, -0.05) is 11.6 Å². The maximum Gasteiger partial charge on any atom is 0.164 e. The van der Waals surface area contributed by atoms with E-state index in [9.17, 15) is 4.39 Å². The van der Waals surface area contributed by atoms with E-state index in [-0.39, 0.29) is 11.2 Å². The monoisotopic (exact) mass is 215 g/mol. The van der Waals surface area contributed by atoms with Crippen molar-refractivity contribution >= 4 is 11.6 Å². The maximum atomic E-state index is 13.1. The number of aromatic nitrogens is 1. The van der Waals surface area contributed by atoms with Crippen molar-refractivity contribution in [1.82, 2.24) is 15.6 Å². The zero-order chi connectivity index (χ0) is 9.97. The molecule has 0 aromatic carbocycles. The Morgan fingerprint density at radius 2 is 2.36 bits per heavy atom. The summed E-state index contributed by atoms with van der Waals surface area (Å²) in [7, 11) is 0. The van der Waals surface area contributed by atoms with E-state index in [4.69, 9.17) is 11.6 Å². The van der Waals surface area contributed by atoms with Crippen LogP contribution in [0.25, 0.3) is 0 Å². The number of nitrogens with one attached hydrogen (secondary N) is 2. The molecule has 0 bridgehead atoms. The first-order chi connectivity index (χ1) is 6.77. The van der Waals surface area contributed by atoms with E-state index in [1.807, 2.05) is 0 Å². The highest BCUT2D eigenvalue weighted by Gasteiger charge is 2.15. The first kappa shape index (κ1) is 9.83. The molecule has 1 atom stereocenters. The second-order valence-corrected chi connectivity index (χ2v) is 3.61. The Morgan fingerprint density at radius 3 is 3.00 bits per heavy atom. The third-order valence-corrected chi connectivity index (χ3v) is 2.54. The van der Waals surface area contributed by atoms with Crippen LogP contribution in [0.1, 0.15) is 11.6 Å². The maximum absolute atomic E-state index is 13.1. The Morgan fingerprint density at radius 1 is 1.50 bits per heavy atom. The zero-order valence-corrected chi connectivity index (χ0v) is 8.31. The summed E-state index contributed by atoms with van der Waals surface area (Å²) >= 11 is 5.50. The standard InChI is InChI=1S/C9H11ClFN3/c10-9-7(11)3-6(4-14-9)8-5-12-1-2-13-8/h3-4,8,12-13H,1-2,5H2/t8-/m1/s1. The molecule has 1 aliphatic heterocycles. The summed E-state index contributed by atoms with van der Waals surface area (Å²) in [6.45, 7) is 2.62. The van der Waals surface area contributed by atoms with Crippen molar-refractivity contribution in [1.29, 1.82) is 0 Å². The molecule has 0 radical (unpaired) electrons. The zero-order valence-electron chi connectivity index (χ0n) is 7.56. The first-order valence-corrected chi connectivity index (χ1v) is 4.90. The van der Waals surface area contributed by atoms with Gasteiger partial charge in [0, 0.05) is 31.9 Å². The van der Waals surface area contributed by atoms with Gasteiger partial charge in [-0.05, 0) is 11.6 Å². The van der Waals surface area contributed by atoms with Gasteiger partial charge in [0.1, 0.15) is 0 Å². The summed E-state index contributed by atoms with van der Waals surface area (Å²) < 4.78 is 13.1. The van der Waals surface area contributed by atoms with Crippen LogP contribution < -0.4 is 10.6 Å². The Hall–Kier alpha value is -0.710. The summed E-state index contributed by atoms with van der Waals surface area (Å²) in [4.78, 5) is 3.78. The Labute approximate surface area is 86.7 Å². The second-order valence-electron chi connectivity index (χ2n) is 3.25. The second kappa shape index (κ2) is 4.21. The predicted octanol–water partition coefficient (Wildman–Crippen LogP) is 1.11. The van der Waals surface area contributed by atoms with Crippen LogP contribution in [0.2, 0.25) is 5.15 Å². The molecule has 1 aromatic rings. The minimum Gasteiger partial charge on any atom is -0.314 e. The van der Waals surface area contributed by atoms with Crippen molar-refractivity contribution in [3.8, 4) is 0 Å². The van der Waals surface area contributed by atoms with Crippen molar-refractivity contribution in [2.24, 2.45) is 0 Å². The molecule has 2 rings (SSSR count). The van der Waals surface area contributed by atoms with Crippen molar-refractivity contribution in [2.45, 2.75) is 6.04 Å². The Bertz CT molecular complexity index is 326. The summed E-state index contributed by atoms with van der Waals surface area (Å²) in [5, 5.41) is 6.42. The van der Waals surface area contributed by atoms with Crippen LogP contribution in [0.15, 0.2) is 12.3 Å². The summed E-state index contributed by atoms with van der Waals surface area (Å²) in [6.07, 6.45) is 1.61. The lowest BCUT2D eigenvalue weighted by Crippen LogP contribution is -2.42. The van der Waals surface area contributed by atoms with Gasteiger partial charge in [0.15, 0.2) is 11.0 Å². The minimum absolute atomic E-state index is 0.0717. The minimum atomic E-state index is -0.462. The number of hydrogen-bond donors (Lipinski definition) is 2. The summed E-state index contributed by atoms with van der Waals surface area (Å²) in [5.74, 6) is -0.462. The Balaban J connectivity index is 2.18. The molecule has 3 nitrogen and oxygen atoms in total. The van der Waals surface area contributed by atoms with Crippen molar-refractivity contribution < 1.29 is 4.39 Å². The highest BCUT2D eigenvalue weighted by molar-refractivity contribution is 6.29. The van der Waals surface area contributed by atoms with E-state index in [1.165, 1.54) is 6.07 Å². The summed E-state index contributed by atoms with van der Waals surface area (Å²) in [6, 6.07) is 1.56. The molecule has 1 aromatic heterocycles. The lowest BCUT2D eigenvalue weighted by molar-refractivity contribution is 0.427. The van der Waals surface area contributed by atoms with Crippen LogP contribution >= 0.6 is 11.6 Å². The quantitative estimate of drug-likeness (QED) is 0.690. The number of rotatable bonds is 1. The molecule has 76 valence electrons. The molecule has 0 saturated carbocycles. The van der Waals surface area contributed by atoms with Gasteiger partial charge in [-0.15, -0.1) is 0 Å². The third kappa shape index (κ3) is 2.03. The van der Waals surface area contributed by atoms with E-state index in [0.717, 1.165) is 25.2 Å². The van der Waals surface area contributed by atoms with Crippen LogP contribution in [0.5, 0.6) is 0 Å². The first-order valence-electron chi connectivity index (χ1n) is 4.52. The fraction of sp³-hybridized carbons (Fsp3) is 0.444. The molecular weight excluding hydrogens is 205 g/mol. The fourth-order valence-electron chi connectivity index (χ4n) is 1.52. The number of pyridine rings is 1. The molecule has 2 N–H and O–H groups in total. The molecule has 5 heteroatoms. The number of piperazine rings is 1. The van der Waals surface area contributed by atoms with Crippen LogP contribution in [-0.4, -0.2) is 24.6 Å². The largest absolute Gasteiger partial charge is 0.314 e. The molecule has 1 aliphatic rings. The van der Waals surface area contributed by atoms with E-state index >= 15 is 0 Å². The normalized spacial score (nSPS) is 22.3. The fourth-order valence-corrected chi connectivity index (χ4v) is 1.62. The lowest BCUT2D eigenvalue weighted by Gasteiger charge is -2.24. The Kier molecular flexibility index (Phi) is 2.96. The lowest BCUT2D eigenvalue weighted by atomic mass is 10.1. The molecule has 0 aliphatic carbocycles. The van der Waals surface area contributed by atoms with Gasteiger partial charge in [-0.2, -0.15) is 0 Å². The van der Waals surface area contributed by atoms with Gasteiger partial charge in [0.2, 0.25) is 0 Å². The predicted molar refractivity (Wildman–Crippen MR) is 52.8 cm³/mol. The molecule has 2 heterocycles. The van der Waals surface area contributed by atoms with Gasteiger partial charge < -0.3 is 10.6 Å². The highest BCUT2D eigenvalue weighted by atomic mass is 35.5. The van der Waals surface area contributed by atoms with Crippen LogP contribution in [0.4, 0.5) is 4.39 Å². The van der Waals surface area contributed by atoms with Gasteiger partial charge in [0.25, 0.3) is 0 Å². The van der Waals surface area contributed by atoms with Gasteiger partial charge in [-0.25, -0.2) is 9.37 Å². The number of nitrogens with zero attached hydrogens (tertiary/aromatic N) is 1. The molecule has 14 heavy (non-hydrogen) atoms. The number of halogens is 2. The average Bonchev–Trinajstić information content (AvgIpc) is 2.23. The van der Waals surface area contributed by atoms with Gasteiger partial charge in [-0.3, -0.25) is 0 Å². The third-order valence-electron chi connectivity index (χ3n) is 2.26. The molecule has 0 unspecified atom stereocenters. The molecule has 1 saturated heterocycles. The van der Waals surface area contributed by atoms with E-state index in [0.29, 0.717) is 0 Å². The van der Waals surface area contributed by atoms with E-state index in [2.05, 4.69) is 15.6 Å². The van der Waals surface area contributed by atoms with Crippen molar-refractivity contribution in [3.05, 3.63) is 28.8 Å². The SMILES string of the molecule is Fc1cc([C@H]2CNCCN2)cnc1Cl. The topological polar surface area (TPSA) is 37.0 Å². The average molecular weight is 216 g/mol. The molecule has 1 fully saturated rings. The highest BCUT2D eigenvalue weighted by Crippen LogP contribution is 2.17. The van der Waals surface area contributed by atoms with Gasteiger partial charge >= 0.3 is 0 Å². The summed E-state index contributed by atoms with van der Waals surface area (Å²) in [5.41, 5.74) is 0.833. The van der Waals surface area contributed by atoms with E-state index in [1.54, 1.807) is 6.20 Å². The molecule has 0 spiro atoms.